The van der Waals surface area contributed by atoms with Gasteiger partial charge in [0.25, 0.3) is 5.91 Å². The molecule has 3 N–H and O–H groups in total. The van der Waals surface area contributed by atoms with Crippen molar-refractivity contribution in [2.75, 3.05) is 13.1 Å². The molecule has 1 aliphatic heterocycles. The van der Waals surface area contributed by atoms with Gasteiger partial charge in [0.1, 0.15) is 17.5 Å². The number of alkyl halides is 1. The first kappa shape index (κ1) is 16.7. The van der Waals surface area contributed by atoms with Crippen LogP contribution in [0.4, 0.5) is 8.78 Å². The molecule has 26 heavy (non-hydrogen) atoms. The Bertz CT molecular complexity index is 985. The summed E-state index contributed by atoms with van der Waals surface area (Å²) in [5.74, 6) is -1.14. The van der Waals surface area contributed by atoms with Crippen LogP contribution in [-0.2, 0) is 0 Å². The second-order valence-electron chi connectivity index (χ2n) is 6.58. The summed E-state index contributed by atoms with van der Waals surface area (Å²) in [6.07, 6.45) is 1.07. The van der Waals surface area contributed by atoms with E-state index in [1.165, 1.54) is 10.7 Å². The van der Waals surface area contributed by atoms with Gasteiger partial charge in [-0.15, -0.1) is 0 Å². The molecular weight excluding hydrogens is 338 g/mol. The van der Waals surface area contributed by atoms with Gasteiger partial charge in [0.05, 0.1) is 11.3 Å². The number of hydrogen-bond acceptors (Lipinski definition) is 3. The Balaban J connectivity index is 1.70. The molecule has 0 saturated carbocycles. The summed E-state index contributed by atoms with van der Waals surface area (Å²) in [6, 6.07) is 9.95. The number of carbonyl (C=O) groups is 1. The second kappa shape index (κ2) is 6.49. The molecule has 2 aromatic carbocycles. The van der Waals surface area contributed by atoms with Gasteiger partial charge in [-0.05, 0) is 30.2 Å². The lowest BCUT2D eigenvalue weighted by Crippen LogP contribution is -2.36. The molecule has 0 unspecified atom stereocenters. The number of aromatic nitrogens is 2. The minimum absolute atomic E-state index is 0.189. The fraction of sp³-hybridized carbons (Fsp3) is 0.263. The second-order valence-corrected chi connectivity index (χ2v) is 6.58. The monoisotopic (exact) mass is 356 g/mol. The van der Waals surface area contributed by atoms with Gasteiger partial charge in [0.15, 0.2) is 0 Å². The van der Waals surface area contributed by atoms with Gasteiger partial charge in [-0.1, -0.05) is 18.2 Å². The van der Waals surface area contributed by atoms with Gasteiger partial charge in [0, 0.05) is 30.6 Å². The molecule has 3 aromatic rings. The number of hydrogen-bond donors (Lipinski definition) is 2. The molecule has 1 aromatic heterocycles. The molecule has 2 heterocycles. The predicted molar refractivity (Wildman–Crippen MR) is 94.7 cm³/mol. The fourth-order valence-corrected chi connectivity index (χ4v) is 3.49. The van der Waals surface area contributed by atoms with Crippen LogP contribution >= 0.6 is 0 Å². The molecule has 0 radical (unpaired) electrons. The quantitative estimate of drug-likeness (QED) is 0.758. The third kappa shape index (κ3) is 2.94. The molecule has 1 amide bonds. The number of nitrogens with one attached hydrogen (secondary N) is 1. The Labute approximate surface area is 148 Å². The maximum atomic E-state index is 14.6. The number of halogens is 2. The summed E-state index contributed by atoms with van der Waals surface area (Å²) >= 11 is 0. The van der Waals surface area contributed by atoms with Gasteiger partial charge < -0.3 is 11.1 Å². The summed E-state index contributed by atoms with van der Waals surface area (Å²) in [6.45, 7) is 0.878. The molecule has 4 rings (SSSR count). The lowest BCUT2D eigenvalue weighted by Gasteiger charge is -2.26. The lowest BCUT2D eigenvalue weighted by molar-refractivity contribution is 0.100. The molecule has 2 atom stereocenters. The molecule has 0 bridgehead atoms. The highest BCUT2D eigenvalue weighted by molar-refractivity contribution is 6.04. The van der Waals surface area contributed by atoms with Gasteiger partial charge in [0.2, 0.25) is 0 Å². The molecule has 0 spiro atoms. The van der Waals surface area contributed by atoms with Gasteiger partial charge >= 0.3 is 0 Å². The average Bonchev–Trinajstić information content (AvgIpc) is 3.05. The zero-order valence-corrected chi connectivity index (χ0v) is 14.0. The maximum absolute atomic E-state index is 14.6. The minimum atomic E-state index is -0.962. The highest BCUT2D eigenvalue weighted by atomic mass is 19.1. The van der Waals surface area contributed by atoms with E-state index in [0.717, 1.165) is 5.39 Å². The van der Waals surface area contributed by atoms with Crippen LogP contribution in [0.5, 0.6) is 0 Å². The van der Waals surface area contributed by atoms with Crippen LogP contribution in [0.2, 0.25) is 0 Å². The van der Waals surface area contributed by atoms with Crippen LogP contribution in [0.15, 0.2) is 42.6 Å². The molecule has 1 fully saturated rings. The Morgan fingerprint density at radius 1 is 1.27 bits per heavy atom. The summed E-state index contributed by atoms with van der Waals surface area (Å²) in [5, 5.41) is 8.10. The first-order valence-electron chi connectivity index (χ1n) is 8.45. The highest BCUT2D eigenvalue weighted by Gasteiger charge is 2.25. The number of nitrogens with two attached hydrogens (primary N) is 1. The molecule has 1 saturated heterocycles. The first-order valence-corrected chi connectivity index (χ1v) is 8.45. The maximum Gasteiger partial charge on any atom is 0.250 e. The van der Waals surface area contributed by atoms with Crippen molar-refractivity contribution >= 4 is 16.8 Å². The molecule has 1 aliphatic rings. The molecule has 134 valence electrons. The Kier molecular flexibility index (Phi) is 4.16. The van der Waals surface area contributed by atoms with Crippen LogP contribution < -0.4 is 11.1 Å². The van der Waals surface area contributed by atoms with Crippen molar-refractivity contribution in [1.82, 2.24) is 15.1 Å². The molecular formula is C19H18F2N4O. The third-order valence-electron chi connectivity index (χ3n) is 4.79. The average molecular weight is 356 g/mol. The van der Waals surface area contributed by atoms with Crippen LogP contribution in [0.3, 0.4) is 0 Å². The van der Waals surface area contributed by atoms with E-state index in [4.69, 9.17) is 5.73 Å². The van der Waals surface area contributed by atoms with Crippen LogP contribution in [0.1, 0.15) is 28.3 Å². The van der Waals surface area contributed by atoms with Crippen molar-refractivity contribution < 1.29 is 13.6 Å². The number of carbonyl (C=O) groups excluding carboxylic acids is 1. The largest absolute Gasteiger partial charge is 0.366 e. The van der Waals surface area contributed by atoms with E-state index in [-0.39, 0.29) is 5.92 Å². The number of rotatable bonds is 3. The van der Waals surface area contributed by atoms with Crippen molar-refractivity contribution in [3.05, 3.63) is 59.5 Å². The Morgan fingerprint density at radius 2 is 2.12 bits per heavy atom. The Hall–Kier alpha value is -2.80. The molecule has 5 nitrogen and oxygen atoms in total. The Morgan fingerprint density at radius 3 is 2.85 bits per heavy atom. The van der Waals surface area contributed by atoms with Crippen LogP contribution in [-0.4, -0.2) is 34.9 Å². The standard InChI is InChI=1S/C19H18F2N4O/c20-13-6-12(8-23-9-13)15-5-4-14(7-17(15)21)25-10-11-2-1-3-16(19(22)26)18(11)24-25/h1-5,7,10,12-13,23H,6,8-9H2,(H2,22,26)/t12-,13-/m1/s1. The predicted octanol–water partition coefficient (Wildman–Crippen LogP) is 2.68. The topological polar surface area (TPSA) is 72.9 Å². The van der Waals surface area contributed by atoms with E-state index in [9.17, 15) is 13.6 Å². The fourth-order valence-electron chi connectivity index (χ4n) is 3.49. The first-order chi connectivity index (χ1) is 12.5. The van der Waals surface area contributed by atoms with E-state index in [0.29, 0.717) is 41.8 Å². The highest BCUT2D eigenvalue weighted by Crippen LogP contribution is 2.28. The smallest absolute Gasteiger partial charge is 0.250 e. The third-order valence-corrected chi connectivity index (χ3v) is 4.79. The van der Waals surface area contributed by atoms with Crippen LogP contribution in [0, 0.1) is 5.82 Å². The van der Waals surface area contributed by atoms with Crippen LogP contribution in [0.25, 0.3) is 16.6 Å². The number of primary amides is 1. The lowest BCUT2D eigenvalue weighted by atomic mass is 9.90. The zero-order chi connectivity index (χ0) is 18.3. The summed E-state index contributed by atoms with van der Waals surface area (Å²) in [4.78, 5) is 11.5. The van der Waals surface area contributed by atoms with E-state index in [2.05, 4.69) is 10.4 Å². The van der Waals surface area contributed by atoms with Gasteiger partial charge in [-0.3, -0.25) is 4.79 Å². The summed E-state index contributed by atoms with van der Waals surface area (Å²) < 4.78 is 29.7. The summed E-state index contributed by atoms with van der Waals surface area (Å²) in [7, 11) is 0. The van der Waals surface area contributed by atoms with Gasteiger partial charge in [-0.25, -0.2) is 13.5 Å². The van der Waals surface area contributed by atoms with Crippen molar-refractivity contribution in [2.45, 2.75) is 18.5 Å². The molecule has 7 heteroatoms. The van der Waals surface area contributed by atoms with E-state index in [1.54, 1.807) is 30.5 Å². The number of amides is 1. The van der Waals surface area contributed by atoms with E-state index < -0.39 is 17.9 Å². The van der Waals surface area contributed by atoms with Crippen molar-refractivity contribution in [2.24, 2.45) is 5.73 Å². The van der Waals surface area contributed by atoms with Crippen molar-refractivity contribution in [3.8, 4) is 5.69 Å². The number of benzene rings is 2. The number of nitrogens with zero attached hydrogens (tertiary/aromatic N) is 2. The summed E-state index contributed by atoms with van der Waals surface area (Å²) in [5.41, 5.74) is 7.20. The van der Waals surface area contributed by atoms with Gasteiger partial charge in [-0.2, -0.15) is 5.10 Å². The van der Waals surface area contributed by atoms with E-state index >= 15 is 0 Å². The number of fused-ring (bicyclic) bond motifs is 1. The molecule has 0 aliphatic carbocycles. The van der Waals surface area contributed by atoms with Crippen molar-refractivity contribution in [3.63, 3.8) is 0 Å². The zero-order valence-electron chi connectivity index (χ0n) is 14.0. The minimum Gasteiger partial charge on any atom is -0.366 e. The van der Waals surface area contributed by atoms with Crippen molar-refractivity contribution in [1.29, 1.82) is 0 Å². The van der Waals surface area contributed by atoms with E-state index in [1.807, 2.05) is 6.07 Å². The normalized spacial score (nSPS) is 20.4. The number of piperidine rings is 1. The SMILES string of the molecule is NC(=O)c1cccc2cn(-c3ccc([C@H]4CNC[C@H](F)C4)c(F)c3)nc12.